The molecule has 0 aliphatic rings. The molecule has 0 atom stereocenters. The normalized spacial score (nSPS) is 10.6. The van der Waals surface area contributed by atoms with E-state index in [1.54, 1.807) is 0 Å². The molecule has 0 unspecified atom stereocenters. The zero-order valence-electron chi connectivity index (χ0n) is 5.17. The second kappa shape index (κ2) is 2.06. The first-order chi connectivity index (χ1) is 5.25. The first-order valence-electron chi connectivity index (χ1n) is 2.77. The van der Waals surface area contributed by atoms with E-state index in [1.165, 1.54) is 6.20 Å². The molecule has 2 rings (SSSR count). The molecule has 0 aliphatic carbocycles. The van der Waals surface area contributed by atoms with Gasteiger partial charge in [-0.25, -0.2) is 9.78 Å². The number of fused-ring (bicyclic) bond motifs is 1. The zero-order valence-corrected chi connectivity index (χ0v) is 5.92. The monoisotopic (exact) mass is 171 g/mol. The predicted octanol–water partition coefficient (Wildman–Crippen LogP) is 0.565. The first kappa shape index (κ1) is 6.36. The Balaban J connectivity index is 2.92. The van der Waals surface area contributed by atoms with Gasteiger partial charge in [-0.05, 0) is 11.6 Å². The standard InChI is InChI=1S/C5H2ClN3O2/c6-4-7-1-2-3(8-4)9-5(10)11-2/h1H,(H,7,8,9,10). The Bertz CT molecular complexity index is 446. The largest absolute Gasteiger partial charge is 0.418 e. The summed E-state index contributed by atoms with van der Waals surface area (Å²) < 4.78 is 4.63. The van der Waals surface area contributed by atoms with E-state index < -0.39 is 5.76 Å². The summed E-state index contributed by atoms with van der Waals surface area (Å²) in [4.78, 5) is 20.2. The minimum absolute atomic E-state index is 0.0783. The van der Waals surface area contributed by atoms with Gasteiger partial charge < -0.3 is 4.42 Å². The highest BCUT2D eigenvalue weighted by atomic mass is 35.5. The number of nitrogens with zero attached hydrogens (tertiary/aromatic N) is 2. The van der Waals surface area contributed by atoms with Crippen LogP contribution in [0.3, 0.4) is 0 Å². The lowest BCUT2D eigenvalue weighted by Crippen LogP contribution is -1.93. The minimum Gasteiger partial charge on any atom is -0.404 e. The molecule has 6 heteroatoms. The number of halogens is 1. The Morgan fingerprint density at radius 3 is 3.27 bits per heavy atom. The van der Waals surface area contributed by atoms with E-state index >= 15 is 0 Å². The zero-order chi connectivity index (χ0) is 7.84. The Kier molecular flexibility index (Phi) is 1.19. The highest BCUT2D eigenvalue weighted by Gasteiger charge is 2.01. The van der Waals surface area contributed by atoms with Crippen LogP contribution >= 0.6 is 11.6 Å². The smallest absolute Gasteiger partial charge is 0.404 e. The topological polar surface area (TPSA) is 71.8 Å². The van der Waals surface area contributed by atoms with E-state index in [-0.39, 0.29) is 5.28 Å². The lowest BCUT2D eigenvalue weighted by atomic mass is 10.6. The molecule has 0 radical (unpaired) electrons. The molecule has 0 saturated carbocycles. The number of oxazole rings is 1. The average molecular weight is 172 g/mol. The molecule has 0 spiro atoms. The summed E-state index contributed by atoms with van der Waals surface area (Å²) in [5.74, 6) is -0.559. The summed E-state index contributed by atoms with van der Waals surface area (Å²) in [5, 5.41) is 0.0783. The van der Waals surface area contributed by atoms with E-state index in [2.05, 4.69) is 19.4 Å². The SMILES string of the molecule is O=c1[nH]c2nc(Cl)ncc2o1. The average Bonchev–Trinajstić information content (AvgIpc) is 2.27. The van der Waals surface area contributed by atoms with Gasteiger partial charge in [0.2, 0.25) is 5.28 Å². The van der Waals surface area contributed by atoms with E-state index in [1.807, 2.05) is 0 Å². The number of aromatic amines is 1. The molecule has 5 nitrogen and oxygen atoms in total. The van der Waals surface area contributed by atoms with Crippen molar-refractivity contribution in [3.05, 3.63) is 22.0 Å². The van der Waals surface area contributed by atoms with Crippen molar-refractivity contribution < 1.29 is 4.42 Å². The van der Waals surface area contributed by atoms with Gasteiger partial charge in [0.15, 0.2) is 11.2 Å². The predicted molar refractivity (Wildman–Crippen MR) is 37.4 cm³/mol. The molecule has 11 heavy (non-hydrogen) atoms. The van der Waals surface area contributed by atoms with Crippen molar-refractivity contribution in [3.8, 4) is 0 Å². The summed E-state index contributed by atoms with van der Waals surface area (Å²) >= 11 is 5.44. The number of aromatic nitrogens is 3. The Labute approximate surface area is 65.0 Å². The molecule has 0 aliphatic heterocycles. The van der Waals surface area contributed by atoms with Crippen molar-refractivity contribution in [1.82, 2.24) is 15.0 Å². The van der Waals surface area contributed by atoms with E-state index in [9.17, 15) is 4.79 Å². The number of nitrogens with one attached hydrogen (secondary N) is 1. The van der Waals surface area contributed by atoms with Gasteiger partial charge in [-0.2, -0.15) is 4.98 Å². The Hall–Kier alpha value is -1.36. The molecule has 0 aromatic carbocycles. The van der Waals surface area contributed by atoms with Crippen LogP contribution < -0.4 is 5.76 Å². The molecule has 0 saturated heterocycles. The number of H-pyrrole nitrogens is 1. The molecule has 2 aromatic rings. The van der Waals surface area contributed by atoms with Crippen LogP contribution in [0.4, 0.5) is 0 Å². The van der Waals surface area contributed by atoms with E-state index in [0.29, 0.717) is 11.2 Å². The molecule has 56 valence electrons. The summed E-state index contributed by atoms with van der Waals surface area (Å²) in [5.41, 5.74) is 0.620. The van der Waals surface area contributed by atoms with Crippen molar-refractivity contribution in [3.63, 3.8) is 0 Å². The summed E-state index contributed by atoms with van der Waals surface area (Å²) in [6.07, 6.45) is 1.34. The lowest BCUT2D eigenvalue weighted by molar-refractivity contribution is 0.554. The number of rotatable bonds is 0. The highest BCUT2D eigenvalue weighted by Crippen LogP contribution is 2.07. The van der Waals surface area contributed by atoms with Gasteiger partial charge in [-0.15, -0.1) is 0 Å². The Morgan fingerprint density at radius 1 is 1.64 bits per heavy atom. The van der Waals surface area contributed by atoms with Crippen LogP contribution in [-0.2, 0) is 0 Å². The van der Waals surface area contributed by atoms with Crippen LogP contribution in [-0.4, -0.2) is 15.0 Å². The van der Waals surface area contributed by atoms with Crippen molar-refractivity contribution >= 4 is 22.8 Å². The minimum atomic E-state index is -0.559. The lowest BCUT2D eigenvalue weighted by Gasteiger charge is -1.84. The number of hydrogen-bond acceptors (Lipinski definition) is 4. The van der Waals surface area contributed by atoms with Gasteiger partial charge in [0, 0.05) is 0 Å². The second-order valence-electron chi connectivity index (χ2n) is 1.87. The van der Waals surface area contributed by atoms with Gasteiger partial charge in [-0.1, -0.05) is 0 Å². The van der Waals surface area contributed by atoms with Crippen molar-refractivity contribution in [2.45, 2.75) is 0 Å². The van der Waals surface area contributed by atoms with E-state index in [0.717, 1.165) is 0 Å². The molecule has 2 aromatic heterocycles. The van der Waals surface area contributed by atoms with Gasteiger partial charge in [-0.3, -0.25) is 4.98 Å². The van der Waals surface area contributed by atoms with Crippen LogP contribution in [0.5, 0.6) is 0 Å². The molecular weight excluding hydrogens is 170 g/mol. The van der Waals surface area contributed by atoms with Crippen LogP contribution in [0, 0.1) is 0 Å². The third-order valence-electron chi connectivity index (χ3n) is 1.15. The fourth-order valence-electron chi connectivity index (χ4n) is 0.736. The van der Waals surface area contributed by atoms with Gasteiger partial charge in [0.25, 0.3) is 0 Å². The quantitative estimate of drug-likeness (QED) is 0.588. The maximum absolute atomic E-state index is 10.6. The van der Waals surface area contributed by atoms with Gasteiger partial charge in [0.1, 0.15) is 0 Å². The van der Waals surface area contributed by atoms with Crippen molar-refractivity contribution in [2.24, 2.45) is 0 Å². The second-order valence-corrected chi connectivity index (χ2v) is 2.20. The summed E-state index contributed by atoms with van der Waals surface area (Å²) in [6, 6.07) is 0. The molecule has 1 N–H and O–H groups in total. The van der Waals surface area contributed by atoms with Crippen molar-refractivity contribution in [1.29, 1.82) is 0 Å². The maximum atomic E-state index is 10.6. The number of hydrogen-bond donors (Lipinski definition) is 1. The van der Waals surface area contributed by atoms with Crippen molar-refractivity contribution in [2.75, 3.05) is 0 Å². The molecule has 0 bridgehead atoms. The molecule has 2 heterocycles. The van der Waals surface area contributed by atoms with Crippen LogP contribution in [0.25, 0.3) is 11.2 Å². The summed E-state index contributed by atoms with van der Waals surface area (Å²) in [7, 11) is 0. The fourth-order valence-corrected chi connectivity index (χ4v) is 0.869. The first-order valence-corrected chi connectivity index (χ1v) is 3.15. The van der Waals surface area contributed by atoms with Crippen LogP contribution in [0.2, 0.25) is 5.28 Å². The fraction of sp³-hybridized carbons (Fsp3) is 0. The van der Waals surface area contributed by atoms with E-state index in [4.69, 9.17) is 11.6 Å². The highest BCUT2D eigenvalue weighted by molar-refractivity contribution is 6.28. The van der Waals surface area contributed by atoms with Gasteiger partial charge in [0.05, 0.1) is 6.20 Å². The third kappa shape index (κ3) is 0.988. The Morgan fingerprint density at radius 2 is 2.45 bits per heavy atom. The molecule has 0 fully saturated rings. The molecule has 0 amide bonds. The maximum Gasteiger partial charge on any atom is 0.418 e. The third-order valence-corrected chi connectivity index (χ3v) is 1.33. The van der Waals surface area contributed by atoms with Crippen LogP contribution in [0.15, 0.2) is 15.4 Å². The molecular formula is C5H2ClN3O2. The van der Waals surface area contributed by atoms with Gasteiger partial charge >= 0.3 is 5.76 Å². The van der Waals surface area contributed by atoms with Crippen LogP contribution in [0.1, 0.15) is 0 Å². The summed E-state index contributed by atoms with van der Waals surface area (Å²) in [6.45, 7) is 0.